The Balaban J connectivity index is 2.19. The summed E-state index contributed by atoms with van der Waals surface area (Å²) in [5.41, 5.74) is 5.85. The minimum Gasteiger partial charge on any atom is -0.487 e. The number of nitrogens with two attached hydrogens (primary N) is 1. The van der Waals surface area contributed by atoms with Crippen LogP contribution in [0.1, 0.15) is 11.1 Å². The van der Waals surface area contributed by atoms with Gasteiger partial charge in [-0.1, -0.05) is 30.0 Å². The fraction of sp³-hybridized carbons (Fsp3) is 0.125. The van der Waals surface area contributed by atoms with Gasteiger partial charge in [0.1, 0.15) is 24.0 Å². The number of halogens is 2. The lowest BCUT2D eigenvalue weighted by atomic mass is 10.2. The fourth-order valence-corrected chi connectivity index (χ4v) is 1.66. The third-order valence-electron chi connectivity index (χ3n) is 2.65. The van der Waals surface area contributed by atoms with Crippen LogP contribution in [0.3, 0.4) is 0 Å². The van der Waals surface area contributed by atoms with E-state index in [1.807, 2.05) is 0 Å². The molecule has 2 N–H and O–H groups in total. The van der Waals surface area contributed by atoms with E-state index in [4.69, 9.17) is 10.5 Å². The third-order valence-corrected chi connectivity index (χ3v) is 2.65. The summed E-state index contributed by atoms with van der Waals surface area (Å²) in [7, 11) is 0. The second kappa shape index (κ2) is 6.69. The highest BCUT2D eigenvalue weighted by molar-refractivity contribution is 5.46. The van der Waals surface area contributed by atoms with E-state index in [9.17, 15) is 8.78 Å². The Morgan fingerprint density at radius 1 is 1.00 bits per heavy atom. The molecule has 0 aliphatic heterocycles. The first-order valence-corrected chi connectivity index (χ1v) is 6.06. The van der Waals surface area contributed by atoms with Gasteiger partial charge in [0.25, 0.3) is 0 Å². The van der Waals surface area contributed by atoms with Crippen LogP contribution < -0.4 is 10.5 Å². The van der Waals surface area contributed by atoms with Gasteiger partial charge >= 0.3 is 0 Å². The molecule has 0 spiro atoms. The monoisotopic (exact) mass is 273 g/mol. The first-order chi connectivity index (χ1) is 9.72. The topological polar surface area (TPSA) is 35.2 Å². The Kier molecular flexibility index (Phi) is 4.70. The van der Waals surface area contributed by atoms with E-state index < -0.39 is 11.6 Å². The second-order valence-electron chi connectivity index (χ2n) is 3.99. The van der Waals surface area contributed by atoms with E-state index in [1.165, 1.54) is 18.2 Å². The summed E-state index contributed by atoms with van der Waals surface area (Å²) in [5.74, 6) is 4.78. The molecule has 2 rings (SSSR count). The first kappa shape index (κ1) is 14.0. The number of para-hydroxylation sites is 1. The van der Waals surface area contributed by atoms with Gasteiger partial charge in [-0.2, -0.15) is 0 Å². The fourth-order valence-electron chi connectivity index (χ4n) is 1.66. The van der Waals surface area contributed by atoms with Crippen LogP contribution in [0.4, 0.5) is 8.78 Å². The van der Waals surface area contributed by atoms with Crippen molar-refractivity contribution in [1.29, 1.82) is 0 Å². The maximum atomic E-state index is 13.5. The van der Waals surface area contributed by atoms with Gasteiger partial charge in [0.2, 0.25) is 0 Å². The Labute approximate surface area is 116 Å². The number of benzene rings is 2. The SMILES string of the molecule is NCC#Cc1ccccc1OCc1c(F)cccc1F. The lowest BCUT2D eigenvalue weighted by molar-refractivity contribution is 0.292. The van der Waals surface area contributed by atoms with Gasteiger partial charge < -0.3 is 10.5 Å². The molecule has 0 aliphatic carbocycles. The van der Waals surface area contributed by atoms with Gasteiger partial charge in [-0.3, -0.25) is 0 Å². The molecule has 0 saturated heterocycles. The minimum atomic E-state index is -0.629. The van der Waals surface area contributed by atoms with Gasteiger partial charge in [-0.25, -0.2) is 8.78 Å². The maximum Gasteiger partial charge on any atom is 0.135 e. The molecule has 0 aliphatic rings. The van der Waals surface area contributed by atoms with Crippen molar-refractivity contribution in [2.75, 3.05) is 6.54 Å². The normalized spacial score (nSPS) is 9.75. The zero-order valence-electron chi connectivity index (χ0n) is 10.7. The number of hydrogen-bond acceptors (Lipinski definition) is 2. The highest BCUT2D eigenvalue weighted by Gasteiger charge is 2.09. The Morgan fingerprint density at radius 3 is 2.40 bits per heavy atom. The van der Waals surface area contributed by atoms with E-state index in [0.717, 1.165) is 0 Å². The van der Waals surface area contributed by atoms with Crippen molar-refractivity contribution in [1.82, 2.24) is 0 Å². The van der Waals surface area contributed by atoms with Crippen molar-refractivity contribution in [2.45, 2.75) is 6.61 Å². The number of rotatable bonds is 3. The molecule has 0 saturated carbocycles. The van der Waals surface area contributed by atoms with Crippen LogP contribution in [0.2, 0.25) is 0 Å². The van der Waals surface area contributed by atoms with Crippen molar-refractivity contribution in [3.8, 4) is 17.6 Å². The molecule has 2 aromatic rings. The Bertz CT molecular complexity index is 639. The summed E-state index contributed by atoms with van der Waals surface area (Å²) in [5, 5.41) is 0. The van der Waals surface area contributed by atoms with Crippen molar-refractivity contribution in [3.05, 3.63) is 65.2 Å². The Morgan fingerprint density at radius 2 is 1.70 bits per heavy atom. The summed E-state index contributed by atoms with van der Waals surface area (Å²) in [6.07, 6.45) is 0. The number of ether oxygens (including phenoxy) is 1. The van der Waals surface area contributed by atoms with Crippen molar-refractivity contribution in [2.24, 2.45) is 5.73 Å². The predicted molar refractivity (Wildman–Crippen MR) is 73.1 cm³/mol. The average molecular weight is 273 g/mol. The number of hydrogen-bond donors (Lipinski definition) is 1. The highest BCUT2D eigenvalue weighted by atomic mass is 19.1. The minimum absolute atomic E-state index is 0.103. The van der Waals surface area contributed by atoms with Crippen molar-refractivity contribution < 1.29 is 13.5 Å². The van der Waals surface area contributed by atoms with Gasteiger partial charge in [0, 0.05) is 0 Å². The largest absolute Gasteiger partial charge is 0.487 e. The molecule has 2 nitrogen and oxygen atoms in total. The van der Waals surface area contributed by atoms with Gasteiger partial charge in [-0.15, -0.1) is 0 Å². The molecule has 0 unspecified atom stereocenters. The maximum absolute atomic E-state index is 13.5. The molecule has 0 aromatic heterocycles. The molecule has 0 amide bonds. The van der Waals surface area contributed by atoms with E-state index in [0.29, 0.717) is 11.3 Å². The summed E-state index contributed by atoms with van der Waals surface area (Å²) in [6.45, 7) is 0.0378. The molecular formula is C16H13F2NO. The second-order valence-corrected chi connectivity index (χ2v) is 3.99. The van der Waals surface area contributed by atoms with Crippen LogP contribution in [0.15, 0.2) is 42.5 Å². The lowest BCUT2D eigenvalue weighted by Gasteiger charge is -2.09. The molecule has 2 aromatic carbocycles. The zero-order chi connectivity index (χ0) is 14.4. The summed E-state index contributed by atoms with van der Waals surface area (Å²) in [4.78, 5) is 0. The van der Waals surface area contributed by atoms with Crippen LogP contribution in [0.5, 0.6) is 5.75 Å². The van der Waals surface area contributed by atoms with E-state index in [-0.39, 0.29) is 18.7 Å². The molecule has 4 heteroatoms. The van der Waals surface area contributed by atoms with E-state index in [2.05, 4.69) is 11.8 Å². The van der Waals surface area contributed by atoms with Crippen LogP contribution in [0.25, 0.3) is 0 Å². The van der Waals surface area contributed by atoms with Gasteiger partial charge in [0.15, 0.2) is 0 Å². The van der Waals surface area contributed by atoms with Crippen LogP contribution in [-0.2, 0) is 6.61 Å². The molecule has 20 heavy (non-hydrogen) atoms. The van der Waals surface area contributed by atoms with Crippen LogP contribution in [-0.4, -0.2) is 6.54 Å². The standard InChI is InChI=1S/C16H13F2NO/c17-14-7-3-8-15(18)13(14)11-20-16-9-2-1-5-12(16)6-4-10-19/h1-3,5,7-9H,10-11,19H2. The third kappa shape index (κ3) is 3.34. The van der Waals surface area contributed by atoms with E-state index in [1.54, 1.807) is 24.3 Å². The van der Waals surface area contributed by atoms with Crippen molar-refractivity contribution in [3.63, 3.8) is 0 Å². The quantitative estimate of drug-likeness (QED) is 0.873. The highest BCUT2D eigenvalue weighted by Crippen LogP contribution is 2.20. The predicted octanol–water partition coefficient (Wildman–Crippen LogP) is 2.85. The smallest absolute Gasteiger partial charge is 0.135 e. The molecule has 0 radical (unpaired) electrons. The van der Waals surface area contributed by atoms with Gasteiger partial charge in [0.05, 0.1) is 17.7 Å². The molecule has 102 valence electrons. The summed E-state index contributed by atoms with van der Waals surface area (Å²) in [6, 6.07) is 10.7. The van der Waals surface area contributed by atoms with Crippen LogP contribution in [0, 0.1) is 23.5 Å². The Hall–Kier alpha value is -2.38. The molecular weight excluding hydrogens is 260 g/mol. The summed E-state index contributed by atoms with van der Waals surface area (Å²) >= 11 is 0. The average Bonchev–Trinajstić information content (AvgIpc) is 2.45. The molecule has 0 bridgehead atoms. The molecule has 0 atom stereocenters. The molecule has 0 fully saturated rings. The first-order valence-electron chi connectivity index (χ1n) is 6.06. The summed E-state index contributed by atoms with van der Waals surface area (Å²) < 4.78 is 32.4. The van der Waals surface area contributed by atoms with Crippen LogP contribution >= 0.6 is 0 Å². The van der Waals surface area contributed by atoms with E-state index >= 15 is 0 Å². The molecule has 0 heterocycles. The lowest BCUT2D eigenvalue weighted by Crippen LogP contribution is -2.03. The van der Waals surface area contributed by atoms with Gasteiger partial charge in [-0.05, 0) is 24.3 Å². The van der Waals surface area contributed by atoms with Crippen molar-refractivity contribution >= 4 is 0 Å². The zero-order valence-corrected chi connectivity index (χ0v) is 10.7.